The number of alkyl halides is 1. The van der Waals surface area contributed by atoms with Gasteiger partial charge in [-0.1, -0.05) is 15.9 Å². The zero-order valence-corrected chi connectivity index (χ0v) is 12.7. The summed E-state index contributed by atoms with van der Waals surface area (Å²) in [6.45, 7) is 4.35. The fourth-order valence-electron chi connectivity index (χ4n) is 1.62. The lowest BCUT2D eigenvalue weighted by Gasteiger charge is -2.10. The quantitative estimate of drug-likeness (QED) is 0.438. The molecule has 0 fully saturated rings. The van der Waals surface area contributed by atoms with Gasteiger partial charge >= 0.3 is 5.97 Å². The number of rotatable bonds is 7. The second-order valence-electron chi connectivity index (χ2n) is 3.72. The van der Waals surface area contributed by atoms with Gasteiger partial charge in [0.15, 0.2) is 5.78 Å². The van der Waals surface area contributed by atoms with Crippen LogP contribution >= 0.6 is 15.9 Å². The monoisotopic (exact) mass is 328 g/mol. The second kappa shape index (κ2) is 7.94. The lowest BCUT2D eigenvalue weighted by atomic mass is 10.0. The first-order valence-corrected chi connectivity index (χ1v) is 7.29. The zero-order chi connectivity index (χ0) is 14.3. The van der Waals surface area contributed by atoms with Crippen LogP contribution in [0.15, 0.2) is 18.2 Å². The van der Waals surface area contributed by atoms with Gasteiger partial charge in [0.05, 0.1) is 18.8 Å². The topological polar surface area (TPSA) is 52.6 Å². The van der Waals surface area contributed by atoms with Gasteiger partial charge in [-0.15, -0.1) is 0 Å². The van der Waals surface area contributed by atoms with E-state index in [1.54, 1.807) is 25.1 Å². The minimum atomic E-state index is -0.498. The van der Waals surface area contributed by atoms with Crippen molar-refractivity contribution in [2.75, 3.05) is 18.5 Å². The first-order valence-electron chi connectivity index (χ1n) is 6.17. The predicted molar refractivity (Wildman–Crippen MR) is 76.3 cm³/mol. The third-order valence-corrected chi connectivity index (χ3v) is 2.82. The van der Waals surface area contributed by atoms with Crippen molar-refractivity contribution in [2.24, 2.45) is 0 Å². The number of Topliss-reactive ketones (excluding diaryl/α,β-unsaturated/α-hetero) is 1. The molecule has 0 bridgehead atoms. The molecule has 0 atom stereocenters. The fourth-order valence-corrected chi connectivity index (χ4v) is 1.98. The van der Waals surface area contributed by atoms with Gasteiger partial charge in [0.2, 0.25) is 0 Å². The molecule has 0 N–H and O–H groups in total. The SMILES string of the molecule is CCOC(=O)c1cc(OCC)ccc1C(=O)CCBr. The van der Waals surface area contributed by atoms with E-state index in [0.29, 0.717) is 29.7 Å². The highest BCUT2D eigenvalue weighted by molar-refractivity contribution is 9.09. The Bertz CT molecular complexity index is 457. The van der Waals surface area contributed by atoms with Gasteiger partial charge in [-0.05, 0) is 32.0 Å². The van der Waals surface area contributed by atoms with Crippen molar-refractivity contribution in [3.05, 3.63) is 29.3 Å². The van der Waals surface area contributed by atoms with Crippen molar-refractivity contribution in [1.29, 1.82) is 0 Å². The van der Waals surface area contributed by atoms with Crippen LogP contribution < -0.4 is 4.74 Å². The average molecular weight is 329 g/mol. The summed E-state index contributed by atoms with van der Waals surface area (Å²) >= 11 is 3.22. The standard InChI is InChI=1S/C14H17BrO4/c1-3-18-10-5-6-11(13(16)7-8-15)12(9-10)14(17)19-4-2/h5-6,9H,3-4,7-8H2,1-2H3. The molecule has 0 aromatic heterocycles. The van der Waals surface area contributed by atoms with Gasteiger partial charge in [-0.2, -0.15) is 0 Å². The van der Waals surface area contributed by atoms with Gasteiger partial charge in [-0.25, -0.2) is 4.79 Å². The molecule has 0 saturated heterocycles. The Hall–Kier alpha value is -1.36. The molecule has 5 heteroatoms. The number of ether oxygens (including phenoxy) is 2. The molecule has 104 valence electrons. The van der Waals surface area contributed by atoms with Gasteiger partial charge in [0, 0.05) is 17.3 Å². The molecule has 0 radical (unpaired) electrons. The van der Waals surface area contributed by atoms with Crippen molar-refractivity contribution in [3.8, 4) is 5.75 Å². The lowest BCUT2D eigenvalue weighted by molar-refractivity contribution is 0.0522. The molecule has 1 rings (SSSR count). The smallest absolute Gasteiger partial charge is 0.338 e. The number of benzene rings is 1. The number of carbonyl (C=O) groups excluding carboxylic acids is 2. The highest BCUT2D eigenvalue weighted by Crippen LogP contribution is 2.21. The van der Waals surface area contributed by atoms with E-state index in [-0.39, 0.29) is 18.0 Å². The Kier molecular flexibility index (Phi) is 6.56. The molecule has 0 amide bonds. The molecule has 0 spiro atoms. The molecule has 0 heterocycles. The van der Waals surface area contributed by atoms with Crippen LogP contribution in [0.1, 0.15) is 41.0 Å². The average Bonchev–Trinajstić information content (AvgIpc) is 2.39. The summed E-state index contributed by atoms with van der Waals surface area (Å²) in [6, 6.07) is 4.86. The van der Waals surface area contributed by atoms with Crippen LogP contribution in [0, 0.1) is 0 Å². The first-order chi connectivity index (χ1) is 9.13. The molecule has 0 saturated carbocycles. The Morgan fingerprint density at radius 1 is 1.16 bits per heavy atom. The van der Waals surface area contributed by atoms with E-state index in [2.05, 4.69) is 15.9 Å². The maximum Gasteiger partial charge on any atom is 0.338 e. The minimum absolute atomic E-state index is 0.0945. The van der Waals surface area contributed by atoms with E-state index in [1.165, 1.54) is 0 Å². The van der Waals surface area contributed by atoms with Gasteiger partial charge in [0.25, 0.3) is 0 Å². The molecule has 0 aliphatic heterocycles. The molecule has 19 heavy (non-hydrogen) atoms. The van der Waals surface area contributed by atoms with E-state index in [4.69, 9.17) is 9.47 Å². The summed E-state index contributed by atoms with van der Waals surface area (Å²) in [5.74, 6) is -0.0362. The normalized spacial score (nSPS) is 10.1. The van der Waals surface area contributed by atoms with Crippen LogP contribution in [0.4, 0.5) is 0 Å². The Morgan fingerprint density at radius 3 is 2.47 bits per heavy atom. The molecular formula is C14H17BrO4. The van der Waals surface area contributed by atoms with Crippen LogP contribution in [0.3, 0.4) is 0 Å². The number of halogens is 1. The summed E-state index contributed by atoms with van der Waals surface area (Å²) in [6.07, 6.45) is 0.334. The molecule has 1 aromatic carbocycles. The highest BCUT2D eigenvalue weighted by atomic mass is 79.9. The molecule has 1 aromatic rings. The van der Waals surface area contributed by atoms with E-state index in [0.717, 1.165) is 0 Å². The largest absolute Gasteiger partial charge is 0.494 e. The van der Waals surface area contributed by atoms with Crippen LogP contribution in [0.5, 0.6) is 5.75 Å². The Labute approximate surface area is 121 Å². The third kappa shape index (κ3) is 4.35. The van der Waals surface area contributed by atoms with Gasteiger partial charge in [0.1, 0.15) is 5.75 Å². The Morgan fingerprint density at radius 2 is 1.89 bits per heavy atom. The highest BCUT2D eigenvalue weighted by Gasteiger charge is 2.18. The number of hydrogen-bond donors (Lipinski definition) is 0. The van der Waals surface area contributed by atoms with Gasteiger partial charge in [-0.3, -0.25) is 4.79 Å². The molecule has 0 unspecified atom stereocenters. The van der Waals surface area contributed by atoms with E-state index < -0.39 is 5.97 Å². The molecule has 0 aliphatic carbocycles. The number of ketones is 1. The second-order valence-corrected chi connectivity index (χ2v) is 4.52. The number of esters is 1. The summed E-state index contributed by atoms with van der Waals surface area (Å²) in [4.78, 5) is 23.9. The van der Waals surface area contributed by atoms with E-state index in [1.807, 2.05) is 6.92 Å². The zero-order valence-electron chi connectivity index (χ0n) is 11.1. The van der Waals surface area contributed by atoms with Gasteiger partial charge < -0.3 is 9.47 Å². The number of hydrogen-bond acceptors (Lipinski definition) is 4. The van der Waals surface area contributed by atoms with Crippen LogP contribution in [0.25, 0.3) is 0 Å². The van der Waals surface area contributed by atoms with Crippen LogP contribution in [-0.2, 0) is 4.74 Å². The summed E-state index contributed by atoms with van der Waals surface area (Å²) in [7, 11) is 0. The molecule has 4 nitrogen and oxygen atoms in total. The summed E-state index contributed by atoms with van der Waals surface area (Å²) in [5.41, 5.74) is 0.639. The van der Waals surface area contributed by atoms with E-state index in [9.17, 15) is 9.59 Å². The van der Waals surface area contributed by atoms with Crippen molar-refractivity contribution in [2.45, 2.75) is 20.3 Å². The lowest BCUT2D eigenvalue weighted by Crippen LogP contribution is -2.12. The van der Waals surface area contributed by atoms with Crippen LogP contribution in [0.2, 0.25) is 0 Å². The molecular weight excluding hydrogens is 312 g/mol. The van der Waals surface area contributed by atoms with Crippen LogP contribution in [-0.4, -0.2) is 30.3 Å². The van der Waals surface area contributed by atoms with Crippen molar-refractivity contribution >= 4 is 27.7 Å². The van der Waals surface area contributed by atoms with Crippen molar-refractivity contribution < 1.29 is 19.1 Å². The maximum absolute atomic E-state index is 12.0. The Balaban J connectivity index is 3.14. The minimum Gasteiger partial charge on any atom is -0.494 e. The van der Waals surface area contributed by atoms with Crippen molar-refractivity contribution in [1.82, 2.24) is 0 Å². The maximum atomic E-state index is 12.0. The summed E-state index contributed by atoms with van der Waals surface area (Å²) < 4.78 is 10.3. The number of carbonyl (C=O) groups is 2. The third-order valence-electron chi connectivity index (χ3n) is 2.42. The first kappa shape index (κ1) is 15.7. The predicted octanol–water partition coefficient (Wildman–Crippen LogP) is 3.23. The fraction of sp³-hybridized carbons (Fsp3) is 0.429. The van der Waals surface area contributed by atoms with E-state index >= 15 is 0 Å². The van der Waals surface area contributed by atoms with Crippen molar-refractivity contribution in [3.63, 3.8) is 0 Å². The molecule has 0 aliphatic rings. The summed E-state index contributed by atoms with van der Waals surface area (Å²) in [5, 5.41) is 0.557.